The number of ether oxygens (including phenoxy) is 1. The number of pyridine rings is 1. The molecule has 0 aliphatic heterocycles. The lowest BCUT2D eigenvalue weighted by Crippen LogP contribution is -2.26. The monoisotopic (exact) mass is 235 g/mol. The summed E-state index contributed by atoms with van der Waals surface area (Å²) in [4.78, 5) is 25.2. The molecular formula is C11H13N3O3. The van der Waals surface area contributed by atoms with Gasteiger partial charge in [-0.2, -0.15) is 5.26 Å². The summed E-state index contributed by atoms with van der Waals surface area (Å²) in [5.41, 5.74) is 4.00. The molecule has 0 amide bonds. The van der Waals surface area contributed by atoms with Gasteiger partial charge in [0.1, 0.15) is 28.6 Å². The topological polar surface area (TPSA) is 109 Å². The van der Waals surface area contributed by atoms with Crippen LogP contribution in [-0.2, 0) is 4.74 Å². The number of nitrogen functional groups attached to an aromatic ring is 1. The van der Waals surface area contributed by atoms with Crippen LogP contribution in [0.3, 0.4) is 0 Å². The fourth-order valence-electron chi connectivity index (χ4n) is 1.13. The van der Waals surface area contributed by atoms with Crippen molar-refractivity contribution in [3.05, 3.63) is 27.5 Å². The Hall–Kier alpha value is -2.29. The highest BCUT2D eigenvalue weighted by molar-refractivity contribution is 5.94. The van der Waals surface area contributed by atoms with E-state index in [2.05, 4.69) is 4.98 Å². The maximum absolute atomic E-state index is 11.7. The Morgan fingerprint density at radius 1 is 1.53 bits per heavy atom. The van der Waals surface area contributed by atoms with Crippen LogP contribution in [0.2, 0.25) is 0 Å². The molecule has 17 heavy (non-hydrogen) atoms. The van der Waals surface area contributed by atoms with E-state index in [1.165, 1.54) is 0 Å². The number of nitriles is 1. The predicted molar refractivity (Wildman–Crippen MR) is 61.4 cm³/mol. The number of nitrogens with zero attached hydrogens (tertiary/aromatic N) is 1. The zero-order valence-corrected chi connectivity index (χ0v) is 9.83. The van der Waals surface area contributed by atoms with Crippen molar-refractivity contribution in [1.29, 1.82) is 5.26 Å². The fraction of sp³-hybridized carbons (Fsp3) is 0.364. The van der Waals surface area contributed by atoms with Gasteiger partial charge in [-0.15, -0.1) is 0 Å². The number of aromatic nitrogens is 1. The molecule has 0 atom stereocenters. The summed E-state index contributed by atoms with van der Waals surface area (Å²) in [5, 5.41) is 8.69. The zero-order valence-electron chi connectivity index (χ0n) is 9.83. The van der Waals surface area contributed by atoms with E-state index in [4.69, 9.17) is 15.7 Å². The normalized spacial score (nSPS) is 10.7. The number of esters is 1. The lowest BCUT2D eigenvalue weighted by Gasteiger charge is -2.19. The van der Waals surface area contributed by atoms with Crippen LogP contribution in [0, 0.1) is 11.3 Å². The number of carbonyl (C=O) groups is 1. The summed E-state index contributed by atoms with van der Waals surface area (Å²) in [5.74, 6) is -0.786. The van der Waals surface area contributed by atoms with Crippen LogP contribution in [0.25, 0.3) is 0 Å². The minimum Gasteiger partial charge on any atom is -0.456 e. The third-order valence-electron chi connectivity index (χ3n) is 1.81. The first-order valence-electron chi connectivity index (χ1n) is 4.91. The van der Waals surface area contributed by atoms with E-state index in [1.54, 1.807) is 26.8 Å². The van der Waals surface area contributed by atoms with E-state index in [9.17, 15) is 9.59 Å². The van der Waals surface area contributed by atoms with Gasteiger partial charge in [0.05, 0.1) is 0 Å². The third-order valence-corrected chi connectivity index (χ3v) is 1.81. The molecule has 0 aliphatic rings. The number of nitrogens with two attached hydrogens (primary N) is 1. The van der Waals surface area contributed by atoms with Gasteiger partial charge >= 0.3 is 5.97 Å². The number of aromatic amines is 1. The lowest BCUT2D eigenvalue weighted by molar-refractivity contribution is 0.00704. The number of hydrogen-bond acceptors (Lipinski definition) is 5. The molecule has 0 saturated heterocycles. The molecule has 0 fully saturated rings. The molecule has 0 saturated carbocycles. The maximum atomic E-state index is 11.7. The van der Waals surface area contributed by atoms with Crippen LogP contribution in [0.5, 0.6) is 0 Å². The number of carbonyl (C=O) groups excluding carboxylic acids is 1. The Morgan fingerprint density at radius 3 is 2.59 bits per heavy atom. The summed E-state index contributed by atoms with van der Waals surface area (Å²) in [6.45, 7) is 5.12. The second kappa shape index (κ2) is 4.29. The second-order valence-electron chi connectivity index (χ2n) is 4.45. The summed E-state index contributed by atoms with van der Waals surface area (Å²) in [7, 11) is 0. The maximum Gasteiger partial charge on any atom is 0.342 e. The van der Waals surface area contributed by atoms with E-state index in [1.807, 2.05) is 0 Å². The number of nitrogens with one attached hydrogen (secondary N) is 1. The Kier molecular flexibility index (Phi) is 3.23. The van der Waals surface area contributed by atoms with Crippen molar-refractivity contribution in [1.82, 2.24) is 4.98 Å². The quantitative estimate of drug-likeness (QED) is 0.699. The molecule has 1 aromatic rings. The van der Waals surface area contributed by atoms with Gasteiger partial charge in [-0.05, 0) is 26.8 Å². The van der Waals surface area contributed by atoms with Crippen molar-refractivity contribution in [2.45, 2.75) is 26.4 Å². The second-order valence-corrected chi connectivity index (χ2v) is 4.45. The minimum atomic E-state index is -0.678. The average Bonchev–Trinajstić information content (AvgIpc) is 2.14. The third kappa shape index (κ3) is 3.08. The Morgan fingerprint density at radius 2 is 2.12 bits per heavy atom. The van der Waals surface area contributed by atoms with Crippen molar-refractivity contribution < 1.29 is 9.53 Å². The number of rotatable bonds is 1. The molecule has 0 aliphatic carbocycles. The molecule has 3 N–H and O–H groups in total. The molecule has 6 nitrogen and oxygen atoms in total. The summed E-state index contributed by atoms with van der Waals surface area (Å²) < 4.78 is 5.09. The van der Waals surface area contributed by atoms with Gasteiger partial charge in [-0.1, -0.05) is 0 Å². The van der Waals surface area contributed by atoms with Crippen LogP contribution < -0.4 is 11.3 Å². The van der Waals surface area contributed by atoms with Crippen molar-refractivity contribution >= 4 is 11.8 Å². The Labute approximate surface area is 98.0 Å². The molecule has 0 spiro atoms. The van der Waals surface area contributed by atoms with E-state index in [0.29, 0.717) is 0 Å². The molecule has 0 radical (unpaired) electrons. The molecule has 0 unspecified atom stereocenters. The van der Waals surface area contributed by atoms with Crippen molar-refractivity contribution in [2.24, 2.45) is 0 Å². The van der Waals surface area contributed by atoms with E-state index >= 15 is 0 Å². The number of anilines is 1. The van der Waals surface area contributed by atoms with Gasteiger partial charge < -0.3 is 15.5 Å². The average molecular weight is 235 g/mol. The summed E-state index contributed by atoms with van der Waals surface area (Å²) in [6.07, 6.45) is 0. The zero-order chi connectivity index (χ0) is 13.2. The molecule has 1 heterocycles. The molecule has 1 aromatic heterocycles. The summed E-state index contributed by atoms with van der Waals surface area (Å²) in [6, 6.07) is 2.80. The Bertz CT molecular complexity index is 547. The van der Waals surface area contributed by atoms with Crippen molar-refractivity contribution in [3.8, 4) is 6.07 Å². The van der Waals surface area contributed by atoms with Crippen LogP contribution in [-0.4, -0.2) is 16.6 Å². The highest BCUT2D eigenvalue weighted by Crippen LogP contribution is 2.15. The van der Waals surface area contributed by atoms with Gasteiger partial charge in [-0.3, -0.25) is 4.79 Å². The van der Waals surface area contributed by atoms with Gasteiger partial charge in [0, 0.05) is 0 Å². The van der Waals surface area contributed by atoms with Crippen LogP contribution in [0.15, 0.2) is 10.9 Å². The highest BCUT2D eigenvalue weighted by atomic mass is 16.6. The first-order valence-corrected chi connectivity index (χ1v) is 4.91. The molecular weight excluding hydrogens is 222 g/mol. The molecule has 1 rings (SSSR count). The van der Waals surface area contributed by atoms with E-state index in [-0.39, 0.29) is 16.9 Å². The molecule has 0 aromatic carbocycles. The summed E-state index contributed by atoms with van der Waals surface area (Å²) >= 11 is 0. The van der Waals surface area contributed by atoms with E-state index in [0.717, 1.165) is 6.07 Å². The SMILES string of the molecule is CC(C)(C)OC(=O)c1cc(C#N)c(=O)[nH]c1N. The molecule has 6 heteroatoms. The Balaban J connectivity index is 3.20. The van der Waals surface area contributed by atoms with Crippen LogP contribution in [0.1, 0.15) is 36.7 Å². The van der Waals surface area contributed by atoms with Gasteiger partial charge in [-0.25, -0.2) is 4.79 Å². The predicted octanol–water partition coefficient (Wildman–Crippen LogP) is 0.784. The van der Waals surface area contributed by atoms with Crippen LogP contribution in [0.4, 0.5) is 5.82 Å². The largest absolute Gasteiger partial charge is 0.456 e. The number of hydrogen-bond donors (Lipinski definition) is 2. The standard InChI is InChI=1S/C11H13N3O3/c1-11(2,3)17-10(16)7-4-6(5-12)9(15)14-8(7)13/h4H,1-3H3,(H3,13,14,15). The minimum absolute atomic E-state index is 0.0175. The smallest absolute Gasteiger partial charge is 0.342 e. The van der Waals surface area contributed by atoms with Crippen molar-refractivity contribution in [3.63, 3.8) is 0 Å². The molecule has 90 valence electrons. The lowest BCUT2D eigenvalue weighted by atomic mass is 10.1. The van der Waals surface area contributed by atoms with Gasteiger partial charge in [0.25, 0.3) is 5.56 Å². The first-order chi connectivity index (χ1) is 7.74. The fourth-order valence-corrected chi connectivity index (χ4v) is 1.13. The first kappa shape index (κ1) is 12.8. The highest BCUT2D eigenvalue weighted by Gasteiger charge is 2.21. The van der Waals surface area contributed by atoms with E-state index < -0.39 is 17.1 Å². The molecule has 0 bridgehead atoms. The van der Waals surface area contributed by atoms with Crippen LogP contribution >= 0.6 is 0 Å². The van der Waals surface area contributed by atoms with Gasteiger partial charge in [0.15, 0.2) is 0 Å². The number of H-pyrrole nitrogens is 1. The van der Waals surface area contributed by atoms with Crippen molar-refractivity contribution in [2.75, 3.05) is 5.73 Å². The van der Waals surface area contributed by atoms with Gasteiger partial charge in [0.2, 0.25) is 0 Å².